The highest BCUT2D eigenvalue weighted by Crippen LogP contribution is 2.37. The van der Waals surface area contributed by atoms with Crippen LogP contribution < -0.4 is 10.1 Å². The maximum atomic E-state index is 12.6. The second-order valence-corrected chi connectivity index (χ2v) is 5.15. The average molecular weight is 255 g/mol. The Morgan fingerprint density at radius 2 is 1.89 bits per heavy atom. The number of halogens is 2. The monoisotopic (exact) mass is 255 g/mol. The van der Waals surface area contributed by atoms with Crippen molar-refractivity contribution < 1.29 is 13.5 Å². The second kappa shape index (κ2) is 5.22. The number of nitrogens with one attached hydrogen (secondary N) is 1. The molecular formula is C14H19F2NO. The fraction of sp³-hybridized carbons (Fsp3) is 0.571. The van der Waals surface area contributed by atoms with Gasteiger partial charge in [-0.25, -0.2) is 8.78 Å². The lowest BCUT2D eigenvalue weighted by Crippen LogP contribution is -2.48. The van der Waals surface area contributed by atoms with Crippen molar-refractivity contribution in [1.82, 2.24) is 5.32 Å². The molecule has 0 heterocycles. The molecule has 0 saturated heterocycles. The van der Waals surface area contributed by atoms with Crippen LogP contribution in [0.2, 0.25) is 0 Å². The third-order valence-electron chi connectivity index (χ3n) is 2.98. The molecule has 18 heavy (non-hydrogen) atoms. The Balaban J connectivity index is 1.77. The topological polar surface area (TPSA) is 21.3 Å². The molecule has 0 aromatic heterocycles. The van der Waals surface area contributed by atoms with Crippen molar-refractivity contribution in [3.63, 3.8) is 0 Å². The van der Waals surface area contributed by atoms with E-state index in [1.54, 1.807) is 0 Å². The zero-order valence-corrected chi connectivity index (χ0v) is 10.7. The molecule has 0 bridgehead atoms. The largest absolute Gasteiger partial charge is 0.491 e. The van der Waals surface area contributed by atoms with E-state index in [2.05, 4.69) is 5.32 Å². The molecule has 1 aliphatic carbocycles. The number of alkyl halides is 2. The van der Waals surface area contributed by atoms with Crippen LogP contribution in [0.3, 0.4) is 0 Å². The molecule has 4 heteroatoms. The lowest BCUT2D eigenvalue weighted by molar-refractivity contribution is -0.0930. The SMILES string of the molecule is CC(C)Oc1ccc(CNC2CC(F)(F)C2)cc1. The summed E-state index contributed by atoms with van der Waals surface area (Å²) < 4.78 is 30.8. The standard InChI is InChI=1S/C14H19F2NO/c1-10(2)18-13-5-3-11(4-6-13)9-17-12-7-14(15,16)8-12/h3-6,10,12,17H,7-9H2,1-2H3. The molecule has 1 saturated carbocycles. The minimum Gasteiger partial charge on any atom is -0.491 e. The minimum atomic E-state index is -2.45. The van der Waals surface area contributed by atoms with Crippen molar-refractivity contribution in [1.29, 1.82) is 0 Å². The summed E-state index contributed by atoms with van der Waals surface area (Å²) in [6, 6.07) is 7.69. The van der Waals surface area contributed by atoms with Crippen LogP contribution in [0.1, 0.15) is 32.3 Å². The van der Waals surface area contributed by atoms with Gasteiger partial charge in [-0.15, -0.1) is 0 Å². The van der Waals surface area contributed by atoms with E-state index in [1.165, 1.54) is 0 Å². The van der Waals surface area contributed by atoms with Gasteiger partial charge in [-0.3, -0.25) is 0 Å². The van der Waals surface area contributed by atoms with Gasteiger partial charge in [-0.05, 0) is 31.5 Å². The van der Waals surface area contributed by atoms with Crippen LogP contribution in [0.15, 0.2) is 24.3 Å². The van der Waals surface area contributed by atoms with E-state index >= 15 is 0 Å². The molecule has 0 aliphatic heterocycles. The molecule has 1 aliphatic rings. The lowest BCUT2D eigenvalue weighted by atomic mass is 9.88. The first kappa shape index (κ1) is 13.3. The molecule has 0 unspecified atom stereocenters. The Bertz CT molecular complexity index is 381. The summed E-state index contributed by atoms with van der Waals surface area (Å²) in [6.07, 6.45) is 0.0782. The van der Waals surface area contributed by atoms with Crippen molar-refractivity contribution in [3.8, 4) is 5.75 Å². The van der Waals surface area contributed by atoms with Gasteiger partial charge < -0.3 is 10.1 Å². The van der Waals surface area contributed by atoms with Crippen LogP contribution in [0.5, 0.6) is 5.75 Å². The summed E-state index contributed by atoms with van der Waals surface area (Å²) >= 11 is 0. The van der Waals surface area contributed by atoms with Gasteiger partial charge in [0, 0.05) is 25.4 Å². The van der Waals surface area contributed by atoms with Gasteiger partial charge in [0.05, 0.1) is 6.10 Å². The van der Waals surface area contributed by atoms with Crippen molar-refractivity contribution in [2.75, 3.05) is 0 Å². The minimum absolute atomic E-state index is 0.0401. The normalized spacial score (nSPS) is 18.7. The summed E-state index contributed by atoms with van der Waals surface area (Å²) in [5.74, 6) is -1.61. The summed E-state index contributed by atoms with van der Waals surface area (Å²) in [4.78, 5) is 0. The summed E-state index contributed by atoms with van der Waals surface area (Å²) in [5, 5.41) is 3.13. The highest BCUT2D eigenvalue weighted by Gasteiger charge is 2.44. The summed E-state index contributed by atoms with van der Waals surface area (Å²) in [5.41, 5.74) is 1.08. The summed E-state index contributed by atoms with van der Waals surface area (Å²) in [7, 11) is 0. The predicted octanol–water partition coefficient (Wildman–Crippen LogP) is 3.36. The molecule has 0 radical (unpaired) electrons. The van der Waals surface area contributed by atoms with Gasteiger partial charge in [0.25, 0.3) is 5.92 Å². The zero-order valence-electron chi connectivity index (χ0n) is 10.7. The second-order valence-electron chi connectivity index (χ2n) is 5.15. The van der Waals surface area contributed by atoms with E-state index in [9.17, 15) is 8.78 Å². The average Bonchev–Trinajstić information content (AvgIpc) is 2.24. The van der Waals surface area contributed by atoms with Crippen molar-refractivity contribution >= 4 is 0 Å². The Hall–Kier alpha value is -1.16. The molecule has 0 atom stereocenters. The van der Waals surface area contributed by atoms with Gasteiger partial charge in [0.1, 0.15) is 5.75 Å². The molecule has 0 spiro atoms. The van der Waals surface area contributed by atoms with E-state index in [-0.39, 0.29) is 25.0 Å². The molecule has 1 N–H and O–H groups in total. The fourth-order valence-corrected chi connectivity index (χ4v) is 2.03. The lowest BCUT2D eigenvalue weighted by Gasteiger charge is -2.35. The Labute approximate surface area is 106 Å². The number of hydrogen-bond donors (Lipinski definition) is 1. The maximum Gasteiger partial charge on any atom is 0.251 e. The highest BCUT2D eigenvalue weighted by atomic mass is 19.3. The van der Waals surface area contributed by atoms with Crippen LogP contribution in [0.25, 0.3) is 0 Å². The van der Waals surface area contributed by atoms with Crippen LogP contribution in [0.4, 0.5) is 8.78 Å². The van der Waals surface area contributed by atoms with Gasteiger partial charge >= 0.3 is 0 Å². The van der Waals surface area contributed by atoms with Gasteiger partial charge in [-0.1, -0.05) is 12.1 Å². The number of benzene rings is 1. The smallest absolute Gasteiger partial charge is 0.251 e. The van der Waals surface area contributed by atoms with E-state index in [4.69, 9.17) is 4.74 Å². The van der Waals surface area contributed by atoms with Crippen LogP contribution >= 0.6 is 0 Å². The maximum absolute atomic E-state index is 12.6. The molecule has 1 aromatic rings. The van der Waals surface area contributed by atoms with Gasteiger partial charge in [0.2, 0.25) is 0 Å². The van der Waals surface area contributed by atoms with E-state index < -0.39 is 5.92 Å². The predicted molar refractivity (Wildman–Crippen MR) is 67.0 cm³/mol. The third-order valence-corrected chi connectivity index (χ3v) is 2.98. The first-order valence-corrected chi connectivity index (χ1v) is 6.31. The Morgan fingerprint density at radius 1 is 1.28 bits per heavy atom. The number of hydrogen-bond acceptors (Lipinski definition) is 2. The molecule has 0 amide bonds. The van der Waals surface area contributed by atoms with Crippen LogP contribution in [-0.2, 0) is 6.54 Å². The van der Waals surface area contributed by atoms with Crippen LogP contribution in [0, 0.1) is 0 Å². The first-order valence-electron chi connectivity index (χ1n) is 6.31. The molecule has 1 aromatic carbocycles. The van der Waals surface area contributed by atoms with E-state index in [0.717, 1.165) is 11.3 Å². The molecular weight excluding hydrogens is 236 g/mol. The van der Waals surface area contributed by atoms with Crippen molar-refractivity contribution in [3.05, 3.63) is 29.8 Å². The van der Waals surface area contributed by atoms with Crippen LogP contribution in [-0.4, -0.2) is 18.1 Å². The van der Waals surface area contributed by atoms with E-state index in [0.29, 0.717) is 6.54 Å². The fourth-order valence-electron chi connectivity index (χ4n) is 2.03. The Morgan fingerprint density at radius 3 is 2.39 bits per heavy atom. The Kier molecular flexibility index (Phi) is 3.85. The summed E-state index contributed by atoms with van der Waals surface area (Å²) in [6.45, 7) is 4.58. The highest BCUT2D eigenvalue weighted by molar-refractivity contribution is 5.27. The molecule has 1 fully saturated rings. The van der Waals surface area contributed by atoms with Crippen molar-refractivity contribution in [2.24, 2.45) is 0 Å². The van der Waals surface area contributed by atoms with Crippen molar-refractivity contribution in [2.45, 2.75) is 51.3 Å². The number of rotatable bonds is 5. The first-order chi connectivity index (χ1) is 8.44. The van der Waals surface area contributed by atoms with Gasteiger partial charge in [0.15, 0.2) is 0 Å². The molecule has 2 rings (SSSR count). The van der Waals surface area contributed by atoms with Gasteiger partial charge in [-0.2, -0.15) is 0 Å². The van der Waals surface area contributed by atoms with E-state index in [1.807, 2.05) is 38.1 Å². The molecule has 2 nitrogen and oxygen atoms in total. The molecule has 100 valence electrons. The number of ether oxygens (including phenoxy) is 1. The zero-order chi connectivity index (χ0) is 13.2. The third kappa shape index (κ3) is 3.67. The quantitative estimate of drug-likeness (QED) is 0.871.